The van der Waals surface area contributed by atoms with Crippen LogP contribution in [0.3, 0.4) is 0 Å². The fourth-order valence-corrected chi connectivity index (χ4v) is 7.03. The van der Waals surface area contributed by atoms with Crippen molar-refractivity contribution in [1.29, 1.82) is 0 Å². The molecule has 0 aliphatic heterocycles. The van der Waals surface area contributed by atoms with E-state index in [-0.39, 0.29) is 41.1 Å². The molecule has 142 valence electrons. The quantitative estimate of drug-likeness (QED) is 0.684. The first-order chi connectivity index (χ1) is 12.1. The van der Waals surface area contributed by atoms with Crippen molar-refractivity contribution in [2.75, 3.05) is 0 Å². The molecule has 0 spiro atoms. The zero-order valence-electron chi connectivity index (χ0n) is 14.9. The van der Waals surface area contributed by atoms with Gasteiger partial charge in [0.2, 0.25) is 0 Å². The fourth-order valence-electron chi connectivity index (χ4n) is 6.61. The number of hydrogen-bond donors (Lipinski definition) is 2. The van der Waals surface area contributed by atoms with Crippen LogP contribution in [0.2, 0.25) is 0 Å². The van der Waals surface area contributed by atoms with Crippen LogP contribution in [0.5, 0.6) is 0 Å². The Bertz CT molecular complexity index is 749. The van der Waals surface area contributed by atoms with E-state index in [2.05, 4.69) is 12.6 Å². The number of hydrogen-bond acceptors (Lipinski definition) is 3. The molecular formula is C20H24F2O3S. The molecule has 0 radical (unpaired) electrons. The van der Waals surface area contributed by atoms with Crippen LogP contribution >= 0.6 is 12.6 Å². The van der Waals surface area contributed by atoms with Gasteiger partial charge in [-0.3, -0.25) is 9.59 Å². The molecule has 0 heterocycles. The van der Waals surface area contributed by atoms with Gasteiger partial charge in [-0.1, -0.05) is 13.0 Å². The lowest BCUT2D eigenvalue weighted by Crippen LogP contribution is -2.68. The highest BCUT2D eigenvalue weighted by Crippen LogP contribution is 2.69. The molecule has 0 aromatic heterocycles. The summed E-state index contributed by atoms with van der Waals surface area (Å²) in [5.41, 5.74) is -3.86. The average molecular weight is 382 g/mol. The van der Waals surface area contributed by atoms with Crippen molar-refractivity contribution in [3.05, 3.63) is 23.8 Å². The summed E-state index contributed by atoms with van der Waals surface area (Å²) in [4.78, 5) is 23.7. The number of rotatable bonds is 1. The minimum Gasteiger partial charge on any atom is -0.390 e. The Morgan fingerprint density at radius 1 is 1.31 bits per heavy atom. The van der Waals surface area contributed by atoms with Crippen LogP contribution in [0.4, 0.5) is 8.78 Å². The van der Waals surface area contributed by atoms with Crippen molar-refractivity contribution in [1.82, 2.24) is 0 Å². The molecule has 2 unspecified atom stereocenters. The van der Waals surface area contributed by atoms with Gasteiger partial charge in [-0.2, -0.15) is 0 Å². The van der Waals surface area contributed by atoms with Gasteiger partial charge in [0.1, 0.15) is 6.17 Å². The van der Waals surface area contributed by atoms with Gasteiger partial charge in [0.05, 0.1) is 6.10 Å². The predicted molar refractivity (Wildman–Crippen MR) is 96.1 cm³/mol. The van der Waals surface area contributed by atoms with Crippen molar-refractivity contribution in [2.24, 2.45) is 28.6 Å². The lowest BCUT2D eigenvalue weighted by Gasteiger charge is -2.62. The minimum atomic E-state index is -2.06. The molecule has 4 rings (SSSR count). The van der Waals surface area contributed by atoms with Crippen molar-refractivity contribution >= 4 is 23.5 Å². The highest BCUT2D eigenvalue weighted by molar-refractivity contribution is 7.96. The van der Waals surface area contributed by atoms with Gasteiger partial charge in [0.15, 0.2) is 16.6 Å². The lowest BCUT2D eigenvalue weighted by atomic mass is 9.45. The van der Waals surface area contributed by atoms with E-state index < -0.39 is 34.7 Å². The number of ketones is 1. The highest BCUT2D eigenvalue weighted by Gasteiger charge is 2.72. The largest absolute Gasteiger partial charge is 0.390 e. The number of alkyl halides is 2. The second-order valence-corrected chi connectivity index (χ2v) is 9.36. The summed E-state index contributed by atoms with van der Waals surface area (Å²) in [5, 5.41) is 10.7. The molecule has 8 atom stereocenters. The smallest absolute Gasteiger partial charge is 0.189 e. The molecule has 1 N–H and O–H groups in total. The second kappa shape index (κ2) is 5.51. The Labute approximate surface area is 157 Å². The van der Waals surface area contributed by atoms with Gasteiger partial charge in [0, 0.05) is 17.3 Å². The number of carbonyl (C=O) groups is 2. The van der Waals surface area contributed by atoms with Crippen molar-refractivity contribution in [2.45, 2.75) is 57.5 Å². The third-order valence-electron chi connectivity index (χ3n) is 7.92. The third kappa shape index (κ3) is 2.03. The van der Waals surface area contributed by atoms with E-state index >= 15 is 8.78 Å². The fraction of sp³-hybridized carbons (Fsp3) is 0.700. The summed E-state index contributed by atoms with van der Waals surface area (Å²) in [6, 6.07) is 0. The SMILES string of the molecule is C[C@]12C[C@H](O)[C@@]3(F)C(C[C@H](F)C4=CC(=O)C=C[C@@]43C)C1CC[C@@H]2C(=O)S. The Kier molecular flexibility index (Phi) is 3.89. The Hall–Kier alpha value is -1.01. The normalized spacial score (nSPS) is 52.8. The number of allylic oxidation sites excluding steroid dienone is 4. The van der Waals surface area contributed by atoms with E-state index in [1.54, 1.807) is 6.92 Å². The molecular weight excluding hydrogens is 358 g/mol. The van der Waals surface area contributed by atoms with Crippen molar-refractivity contribution in [3.63, 3.8) is 0 Å². The summed E-state index contributed by atoms with van der Waals surface area (Å²) >= 11 is 4.01. The van der Waals surface area contributed by atoms with Crippen LogP contribution in [-0.4, -0.2) is 33.9 Å². The van der Waals surface area contributed by atoms with Gasteiger partial charge < -0.3 is 5.11 Å². The summed E-state index contributed by atoms with van der Waals surface area (Å²) in [6.07, 6.45) is 2.43. The van der Waals surface area contributed by atoms with Gasteiger partial charge in [0.25, 0.3) is 0 Å². The summed E-state index contributed by atoms with van der Waals surface area (Å²) in [6.45, 7) is 3.50. The number of aliphatic hydroxyl groups excluding tert-OH is 1. The molecule has 26 heavy (non-hydrogen) atoms. The van der Waals surface area contributed by atoms with Crippen LogP contribution in [-0.2, 0) is 9.59 Å². The molecule has 4 aliphatic rings. The van der Waals surface area contributed by atoms with Gasteiger partial charge >= 0.3 is 0 Å². The maximum atomic E-state index is 16.6. The van der Waals surface area contributed by atoms with E-state index in [1.807, 2.05) is 6.92 Å². The molecule has 0 bridgehead atoms. The first-order valence-electron chi connectivity index (χ1n) is 9.25. The average Bonchev–Trinajstić information content (AvgIpc) is 2.89. The van der Waals surface area contributed by atoms with Crippen LogP contribution < -0.4 is 0 Å². The van der Waals surface area contributed by atoms with E-state index in [0.717, 1.165) is 0 Å². The van der Waals surface area contributed by atoms with E-state index in [4.69, 9.17) is 0 Å². The second-order valence-electron chi connectivity index (χ2n) is 8.92. The molecule has 3 nitrogen and oxygen atoms in total. The highest BCUT2D eigenvalue weighted by atomic mass is 32.1. The summed E-state index contributed by atoms with van der Waals surface area (Å²) in [7, 11) is 0. The number of carbonyl (C=O) groups excluding carboxylic acids is 2. The number of fused-ring (bicyclic) bond motifs is 5. The van der Waals surface area contributed by atoms with Gasteiger partial charge in [-0.25, -0.2) is 8.78 Å². The van der Waals surface area contributed by atoms with E-state index in [1.165, 1.54) is 18.2 Å². The lowest BCUT2D eigenvalue weighted by molar-refractivity contribution is -0.201. The molecule has 3 saturated carbocycles. The van der Waals surface area contributed by atoms with Crippen LogP contribution in [0.15, 0.2) is 23.8 Å². The topological polar surface area (TPSA) is 54.4 Å². The molecule has 0 aromatic carbocycles. The zero-order chi connectivity index (χ0) is 19.1. The van der Waals surface area contributed by atoms with Crippen LogP contribution in [0.25, 0.3) is 0 Å². The van der Waals surface area contributed by atoms with Crippen LogP contribution in [0, 0.1) is 28.6 Å². The van der Waals surface area contributed by atoms with E-state index in [9.17, 15) is 14.7 Å². The first kappa shape index (κ1) is 18.4. The monoisotopic (exact) mass is 382 g/mol. The van der Waals surface area contributed by atoms with E-state index in [0.29, 0.717) is 12.8 Å². The molecule has 0 amide bonds. The first-order valence-corrected chi connectivity index (χ1v) is 9.69. The number of thiol groups is 1. The molecule has 3 fully saturated rings. The predicted octanol–water partition coefficient (Wildman–Crippen LogP) is 3.38. The maximum absolute atomic E-state index is 16.6. The molecule has 0 aromatic rings. The Balaban J connectivity index is 1.84. The minimum absolute atomic E-state index is 0.0656. The zero-order valence-corrected chi connectivity index (χ0v) is 15.8. The van der Waals surface area contributed by atoms with Crippen molar-refractivity contribution in [3.8, 4) is 0 Å². The molecule has 6 heteroatoms. The summed E-state index contributed by atoms with van der Waals surface area (Å²) in [5.74, 6) is -1.59. The third-order valence-corrected chi connectivity index (χ3v) is 8.24. The summed E-state index contributed by atoms with van der Waals surface area (Å²) < 4.78 is 31.7. The molecule has 0 saturated heterocycles. The Morgan fingerprint density at radius 2 is 2.00 bits per heavy atom. The maximum Gasteiger partial charge on any atom is 0.189 e. The molecule has 4 aliphatic carbocycles. The standard InChI is InChI=1S/C20H24F2O3S/c1-18-9-16(24)20(22)13(11(18)3-4-12(18)17(25)26)8-15(21)14-7-10(23)5-6-19(14,20)2/h5-7,11-13,15-16,24H,3-4,8-9H2,1-2H3,(H,25,26)/t11?,12-,13?,15+,16+,18+,19+,20+/m1/s1. The van der Waals surface area contributed by atoms with Crippen molar-refractivity contribution < 1.29 is 23.5 Å². The van der Waals surface area contributed by atoms with Gasteiger partial charge in [-0.05, 0) is 61.7 Å². The number of aliphatic hydroxyl groups is 1. The van der Waals surface area contributed by atoms with Gasteiger partial charge in [-0.15, -0.1) is 12.6 Å². The van der Waals surface area contributed by atoms with Crippen LogP contribution in [0.1, 0.15) is 39.5 Å². The number of halogens is 2. The Morgan fingerprint density at radius 3 is 2.65 bits per heavy atom.